The van der Waals surface area contributed by atoms with Crippen molar-refractivity contribution in [3.8, 4) is 17.2 Å². The Bertz CT molecular complexity index is 970. The van der Waals surface area contributed by atoms with Gasteiger partial charge in [0.25, 0.3) is 5.89 Å². The van der Waals surface area contributed by atoms with Crippen LogP contribution in [0.15, 0.2) is 53.1 Å². The first kappa shape index (κ1) is 17.4. The van der Waals surface area contributed by atoms with Crippen LogP contribution in [0.3, 0.4) is 0 Å². The van der Waals surface area contributed by atoms with Gasteiger partial charge in [-0.25, -0.2) is 4.79 Å². The summed E-state index contributed by atoms with van der Waals surface area (Å²) in [6.07, 6.45) is 0. The summed E-state index contributed by atoms with van der Waals surface area (Å²) in [5.74, 6) is 0.431. The first-order chi connectivity index (χ1) is 12.6. The quantitative estimate of drug-likeness (QED) is 0.646. The maximum atomic E-state index is 12.6. The Labute approximate surface area is 151 Å². The first-order valence-electron chi connectivity index (χ1n) is 8.18. The smallest absolute Gasteiger partial charge is 0.339 e. The highest BCUT2D eigenvalue weighted by Crippen LogP contribution is 2.27. The van der Waals surface area contributed by atoms with Crippen LogP contribution in [0.5, 0.6) is 0 Å². The average Bonchev–Trinajstić information content (AvgIpc) is 3.15. The van der Waals surface area contributed by atoms with Crippen LogP contribution >= 0.6 is 0 Å². The molecule has 0 spiro atoms. The van der Waals surface area contributed by atoms with Crippen molar-refractivity contribution >= 4 is 5.97 Å². The fourth-order valence-corrected chi connectivity index (χ4v) is 2.48. The highest BCUT2D eigenvalue weighted by molar-refractivity contribution is 5.98. The topological polar surface area (TPSA) is 89.0 Å². The number of hydrogen-bond acceptors (Lipinski definition) is 6. The van der Waals surface area contributed by atoms with Crippen LogP contribution in [-0.4, -0.2) is 16.1 Å². The van der Waals surface area contributed by atoms with Crippen LogP contribution in [0.2, 0.25) is 0 Å². The number of carbonyl (C=O) groups is 1. The number of ether oxygens (including phenoxy) is 1. The van der Waals surface area contributed by atoms with Crippen LogP contribution in [0.1, 0.15) is 47.4 Å². The number of nitriles is 1. The van der Waals surface area contributed by atoms with Gasteiger partial charge in [-0.15, -0.1) is 0 Å². The molecule has 0 bridgehead atoms. The van der Waals surface area contributed by atoms with Gasteiger partial charge in [-0.1, -0.05) is 55.4 Å². The second-order valence-electron chi connectivity index (χ2n) is 5.98. The molecule has 0 radical (unpaired) electrons. The Hall–Kier alpha value is -3.46. The number of aromatic nitrogens is 2. The molecule has 0 aliphatic heterocycles. The lowest BCUT2D eigenvalue weighted by Crippen LogP contribution is -2.07. The molecule has 0 amide bonds. The molecule has 130 valence electrons. The summed E-state index contributed by atoms with van der Waals surface area (Å²) in [7, 11) is 0. The van der Waals surface area contributed by atoms with E-state index in [9.17, 15) is 10.1 Å². The Balaban J connectivity index is 1.83. The molecule has 0 aliphatic rings. The third-order valence-electron chi connectivity index (χ3n) is 3.81. The highest BCUT2D eigenvalue weighted by atomic mass is 16.6. The van der Waals surface area contributed by atoms with E-state index in [1.54, 1.807) is 36.4 Å². The van der Waals surface area contributed by atoms with Gasteiger partial charge in [0.15, 0.2) is 12.4 Å². The van der Waals surface area contributed by atoms with Crippen molar-refractivity contribution in [2.24, 2.45) is 0 Å². The normalized spacial score (nSPS) is 10.5. The molecular weight excluding hydrogens is 330 g/mol. The van der Waals surface area contributed by atoms with Crippen molar-refractivity contribution in [2.45, 2.75) is 26.4 Å². The van der Waals surface area contributed by atoms with E-state index in [-0.39, 0.29) is 18.4 Å². The molecule has 3 aromatic rings. The number of rotatable bonds is 5. The molecule has 1 aromatic heterocycles. The standard InChI is InChI=1S/C20H17N3O3/c1-13(2)19-22-18(26-23-19)12-25-20(24)17-10-6-5-9-16(17)15-8-4-3-7-14(15)11-21/h3-10,13H,12H2,1-2H3. The molecule has 0 aliphatic carbocycles. The molecule has 0 atom stereocenters. The minimum absolute atomic E-state index is 0.104. The lowest BCUT2D eigenvalue weighted by molar-refractivity contribution is 0.0430. The molecule has 0 saturated carbocycles. The largest absolute Gasteiger partial charge is 0.452 e. The third-order valence-corrected chi connectivity index (χ3v) is 3.81. The molecule has 2 aromatic carbocycles. The molecule has 6 heteroatoms. The van der Waals surface area contributed by atoms with Gasteiger partial charge in [0, 0.05) is 11.5 Å². The molecule has 0 saturated heterocycles. The predicted molar refractivity (Wildman–Crippen MR) is 94.1 cm³/mol. The molecular formula is C20H17N3O3. The van der Waals surface area contributed by atoms with Crippen molar-refractivity contribution < 1.29 is 14.1 Å². The van der Waals surface area contributed by atoms with Gasteiger partial charge in [0.2, 0.25) is 0 Å². The predicted octanol–water partition coefficient (Wildman–Crippen LogP) is 4.09. The van der Waals surface area contributed by atoms with Crippen molar-refractivity contribution in [2.75, 3.05) is 0 Å². The molecule has 3 rings (SSSR count). The van der Waals surface area contributed by atoms with E-state index < -0.39 is 5.97 Å². The number of benzene rings is 2. The van der Waals surface area contributed by atoms with Crippen molar-refractivity contribution in [1.29, 1.82) is 5.26 Å². The lowest BCUT2D eigenvalue weighted by atomic mass is 9.96. The summed E-state index contributed by atoms with van der Waals surface area (Å²) in [6.45, 7) is 3.79. The Morgan fingerprint density at radius 1 is 1.15 bits per heavy atom. The zero-order valence-corrected chi connectivity index (χ0v) is 14.5. The summed E-state index contributed by atoms with van der Waals surface area (Å²) in [6, 6.07) is 16.3. The fourth-order valence-electron chi connectivity index (χ4n) is 2.48. The number of esters is 1. The van der Waals surface area contributed by atoms with Crippen LogP contribution < -0.4 is 0 Å². The van der Waals surface area contributed by atoms with Crippen LogP contribution in [-0.2, 0) is 11.3 Å². The summed E-state index contributed by atoms with van der Waals surface area (Å²) >= 11 is 0. The van der Waals surface area contributed by atoms with Gasteiger partial charge in [0.05, 0.1) is 17.2 Å². The van der Waals surface area contributed by atoms with E-state index in [1.165, 1.54) is 0 Å². The molecule has 0 unspecified atom stereocenters. The second-order valence-corrected chi connectivity index (χ2v) is 5.98. The summed E-state index contributed by atoms with van der Waals surface area (Å²) in [5.41, 5.74) is 2.19. The van der Waals surface area contributed by atoms with Gasteiger partial charge in [-0.3, -0.25) is 0 Å². The minimum atomic E-state index is -0.516. The molecule has 0 fully saturated rings. The van der Waals surface area contributed by atoms with Gasteiger partial charge in [-0.2, -0.15) is 10.2 Å². The summed E-state index contributed by atoms with van der Waals surface area (Å²) < 4.78 is 10.4. The molecule has 6 nitrogen and oxygen atoms in total. The highest BCUT2D eigenvalue weighted by Gasteiger charge is 2.17. The van der Waals surface area contributed by atoms with Crippen LogP contribution in [0.25, 0.3) is 11.1 Å². The van der Waals surface area contributed by atoms with E-state index in [1.807, 2.05) is 26.0 Å². The Kier molecular flexibility index (Phi) is 5.09. The fraction of sp³-hybridized carbons (Fsp3) is 0.200. The van der Waals surface area contributed by atoms with E-state index in [2.05, 4.69) is 16.2 Å². The van der Waals surface area contributed by atoms with E-state index in [0.717, 1.165) is 0 Å². The monoisotopic (exact) mass is 347 g/mol. The number of carbonyl (C=O) groups excluding carboxylic acids is 1. The third kappa shape index (κ3) is 3.62. The van der Waals surface area contributed by atoms with Gasteiger partial charge >= 0.3 is 5.97 Å². The van der Waals surface area contributed by atoms with Crippen molar-refractivity contribution in [3.05, 3.63) is 71.4 Å². The summed E-state index contributed by atoms with van der Waals surface area (Å²) in [4.78, 5) is 16.7. The van der Waals surface area contributed by atoms with E-state index in [4.69, 9.17) is 9.26 Å². The van der Waals surface area contributed by atoms with Gasteiger partial charge in [0.1, 0.15) is 0 Å². The maximum absolute atomic E-state index is 12.6. The van der Waals surface area contributed by atoms with Gasteiger partial charge < -0.3 is 9.26 Å². The Morgan fingerprint density at radius 2 is 1.85 bits per heavy atom. The SMILES string of the molecule is CC(C)c1noc(COC(=O)c2ccccc2-c2ccccc2C#N)n1. The van der Waals surface area contributed by atoms with Crippen LogP contribution in [0.4, 0.5) is 0 Å². The van der Waals surface area contributed by atoms with Crippen molar-refractivity contribution in [3.63, 3.8) is 0 Å². The molecule has 1 heterocycles. The van der Waals surface area contributed by atoms with Gasteiger partial charge in [-0.05, 0) is 17.7 Å². The Morgan fingerprint density at radius 3 is 2.54 bits per heavy atom. The van der Waals surface area contributed by atoms with E-state index >= 15 is 0 Å². The second kappa shape index (κ2) is 7.62. The minimum Gasteiger partial charge on any atom is -0.452 e. The zero-order valence-electron chi connectivity index (χ0n) is 14.5. The van der Waals surface area contributed by atoms with Crippen molar-refractivity contribution in [1.82, 2.24) is 10.1 Å². The molecule has 26 heavy (non-hydrogen) atoms. The average molecular weight is 347 g/mol. The zero-order chi connectivity index (χ0) is 18.5. The van der Waals surface area contributed by atoms with E-state index in [0.29, 0.717) is 28.1 Å². The number of hydrogen-bond donors (Lipinski definition) is 0. The van der Waals surface area contributed by atoms with Crippen LogP contribution in [0, 0.1) is 11.3 Å². The maximum Gasteiger partial charge on any atom is 0.339 e. The lowest BCUT2D eigenvalue weighted by Gasteiger charge is -2.10. The number of nitrogens with zero attached hydrogens (tertiary/aromatic N) is 3. The first-order valence-corrected chi connectivity index (χ1v) is 8.18. The molecule has 0 N–H and O–H groups in total. The summed E-state index contributed by atoms with van der Waals surface area (Å²) in [5, 5.41) is 13.2.